The number of imide groups is 1. The lowest BCUT2D eigenvalue weighted by molar-refractivity contribution is -0.135. The molecule has 10 nitrogen and oxygen atoms in total. The summed E-state index contributed by atoms with van der Waals surface area (Å²) in [4.78, 5) is 48.6. The van der Waals surface area contributed by atoms with Crippen molar-refractivity contribution in [1.29, 1.82) is 0 Å². The Labute approximate surface area is 191 Å². The molecular formula is C23H31N3O7. The number of carbonyl (C=O) groups excluding carboxylic acids is 2. The molecule has 33 heavy (non-hydrogen) atoms. The van der Waals surface area contributed by atoms with E-state index in [0.29, 0.717) is 43.7 Å². The van der Waals surface area contributed by atoms with Crippen LogP contribution in [0.5, 0.6) is 0 Å². The molecule has 1 aliphatic rings. The quantitative estimate of drug-likeness (QED) is 0.433. The molecule has 3 amide bonds. The van der Waals surface area contributed by atoms with Gasteiger partial charge < -0.3 is 19.2 Å². The maximum atomic E-state index is 12.4. The number of carboxylic acid groups (broad SMARTS) is 1. The van der Waals surface area contributed by atoms with E-state index in [0.717, 1.165) is 12.0 Å². The fourth-order valence-electron chi connectivity index (χ4n) is 3.98. The normalized spacial score (nSPS) is 16.8. The number of fused-ring (bicyclic) bond motifs is 1. The molecule has 1 aliphatic heterocycles. The smallest absolute Gasteiger partial charge is 0.420 e. The average Bonchev–Trinajstić information content (AvgIpc) is 3.03. The molecule has 0 bridgehead atoms. The van der Waals surface area contributed by atoms with E-state index in [1.807, 2.05) is 26.8 Å². The highest BCUT2D eigenvalue weighted by Crippen LogP contribution is 2.24. The molecule has 1 aromatic heterocycles. The molecule has 1 atom stereocenters. The van der Waals surface area contributed by atoms with Crippen molar-refractivity contribution in [1.82, 2.24) is 14.8 Å². The van der Waals surface area contributed by atoms with E-state index in [1.165, 1.54) is 9.47 Å². The van der Waals surface area contributed by atoms with Gasteiger partial charge in [0, 0.05) is 31.7 Å². The Morgan fingerprint density at radius 3 is 2.64 bits per heavy atom. The zero-order chi connectivity index (χ0) is 24.2. The Kier molecular flexibility index (Phi) is 7.57. The Balaban J connectivity index is 1.49. The standard InChI is InChI=1S/C23H31N3O7/c1-23(2,3)25(21(29)30)11-5-13-32-12-4-6-15-7-8-16-18(14-15)33-22(31)26(16)17-9-10-19(27)24-20(17)28/h7-8,14,17H,4-6,9-13H2,1-3H3,(H,29,30)(H,24,27,28). The summed E-state index contributed by atoms with van der Waals surface area (Å²) in [6, 6.07) is 4.67. The van der Waals surface area contributed by atoms with Gasteiger partial charge in [0.05, 0.1) is 5.52 Å². The number of hydrogen-bond donors (Lipinski definition) is 2. The third-order valence-corrected chi connectivity index (χ3v) is 5.66. The molecule has 2 heterocycles. The molecule has 1 unspecified atom stereocenters. The van der Waals surface area contributed by atoms with Gasteiger partial charge in [-0.2, -0.15) is 0 Å². The van der Waals surface area contributed by atoms with Crippen molar-refractivity contribution in [2.45, 2.75) is 64.5 Å². The molecule has 180 valence electrons. The Morgan fingerprint density at radius 2 is 1.97 bits per heavy atom. The fourth-order valence-corrected chi connectivity index (χ4v) is 3.98. The van der Waals surface area contributed by atoms with E-state index in [-0.39, 0.29) is 18.7 Å². The molecule has 0 spiro atoms. The number of nitrogens with zero attached hydrogens (tertiary/aromatic N) is 2. The van der Waals surface area contributed by atoms with Crippen LogP contribution in [0.1, 0.15) is 58.1 Å². The van der Waals surface area contributed by atoms with Crippen LogP contribution in [-0.4, -0.2) is 57.8 Å². The summed E-state index contributed by atoms with van der Waals surface area (Å²) < 4.78 is 12.3. The predicted molar refractivity (Wildman–Crippen MR) is 120 cm³/mol. The first-order valence-corrected chi connectivity index (χ1v) is 11.1. The Hall–Kier alpha value is -3.14. The first-order chi connectivity index (χ1) is 15.6. The molecule has 2 N–H and O–H groups in total. The summed E-state index contributed by atoms with van der Waals surface area (Å²) in [5.41, 5.74) is 1.45. The van der Waals surface area contributed by atoms with Crippen molar-refractivity contribution < 1.29 is 28.6 Å². The van der Waals surface area contributed by atoms with Gasteiger partial charge in [-0.1, -0.05) is 6.07 Å². The molecule has 3 rings (SSSR count). The summed E-state index contributed by atoms with van der Waals surface area (Å²) in [6.07, 6.45) is 1.60. The number of carbonyl (C=O) groups is 3. The number of oxazole rings is 1. The van der Waals surface area contributed by atoms with Crippen LogP contribution in [0.25, 0.3) is 11.1 Å². The summed E-state index contributed by atoms with van der Waals surface area (Å²) in [5.74, 6) is -1.45. The van der Waals surface area contributed by atoms with E-state index in [2.05, 4.69) is 5.32 Å². The third kappa shape index (κ3) is 6.01. The number of rotatable bonds is 9. The highest BCUT2D eigenvalue weighted by atomic mass is 16.5. The second-order valence-corrected chi connectivity index (χ2v) is 9.18. The van der Waals surface area contributed by atoms with Gasteiger partial charge in [0.1, 0.15) is 6.04 Å². The van der Waals surface area contributed by atoms with Gasteiger partial charge in [0.2, 0.25) is 11.8 Å². The van der Waals surface area contributed by atoms with Crippen LogP contribution >= 0.6 is 0 Å². The summed E-state index contributed by atoms with van der Waals surface area (Å²) >= 11 is 0. The monoisotopic (exact) mass is 461 g/mol. The van der Waals surface area contributed by atoms with Crippen molar-refractivity contribution >= 4 is 29.0 Å². The van der Waals surface area contributed by atoms with Crippen molar-refractivity contribution in [3.63, 3.8) is 0 Å². The summed E-state index contributed by atoms with van der Waals surface area (Å²) in [6.45, 7) is 7.00. The molecule has 10 heteroatoms. The molecule has 0 aliphatic carbocycles. The second kappa shape index (κ2) is 10.2. The maximum Gasteiger partial charge on any atom is 0.420 e. The van der Waals surface area contributed by atoms with Gasteiger partial charge in [0.25, 0.3) is 0 Å². The van der Waals surface area contributed by atoms with Crippen LogP contribution in [0, 0.1) is 0 Å². The molecule has 1 aromatic carbocycles. The Bertz CT molecular complexity index is 1080. The number of aromatic nitrogens is 1. The molecule has 1 saturated heterocycles. The van der Waals surface area contributed by atoms with Gasteiger partial charge in [-0.15, -0.1) is 0 Å². The fraction of sp³-hybridized carbons (Fsp3) is 0.565. The van der Waals surface area contributed by atoms with Gasteiger partial charge >= 0.3 is 11.8 Å². The zero-order valence-corrected chi connectivity index (χ0v) is 19.3. The van der Waals surface area contributed by atoms with Crippen LogP contribution in [0.4, 0.5) is 4.79 Å². The van der Waals surface area contributed by atoms with Gasteiger partial charge in [-0.3, -0.25) is 19.5 Å². The van der Waals surface area contributed by atoms with Crippen LogP contribution in [0.15, 0.2) is 27.4 Å². The topological polar surface area (TPSA) is 131 Å². The number of piperidine rings is 1. The number of ether oxygens (including phenoxy) is 1. The van der Waals surface area contributed by atoms with Crippen LogP contribution in [-0.2, 0) is 20.7 Å². The van der Waals surface area contributed by atoms with Crippen LogP contribution in [0.3, 0.4) is 0 Å². The van der Waals surface area contributed by atoms with Gasteiger partial charge in [-0.05, 0) is 64.2 Å². The molecule has 1 fully saturated rings. The Morgan fingerprint density at radius 1 is 1.24 bits per heavy atom. The number of benzene rings is 1. The van der Waals surface area contributed by atoms with E-state index in [4.69, 9.17) is 9.15 Å². The number of nitrogens with one attached hydrogen (secondary N) is 1. The lowest BCUT2D eigenvalue weighted by Gasteiger charge is -2.33. The minimum absolute atomic E-state index is 0.179. The number of amides is 3. The van der Waals surface area contributed by atoms with Crippen LogP contribution < -0.4 is 11.1 Å². The van der Waals surface area contributed by atoms with Crippen molar-refractivity contribution in [2.24, 2.45) is 0 Å². The van der Waals surface area contributed by atoms with Crippen molar-refractivity contribution in [3.05, 3.63) is 34.3 Å². The zero-order valence-electron chi connectivity index (χ0n) is 19.3. The van der Waals surface area contributed by atoms with Crippen LogP contribution in [0.2, 0.25) is 0 Å². The maximum absolute atomic E-state index is 12.4. The highest BCUT2D eigenvalue weighted by molar-refractivity contribution is 6.00. The lowest BCUT2D eigenvalue weighted by atomic mass is 10.1. The van der Waals surface area contributed by atoms with E-state index < -0.39 is 29.3 Å². The van der Waals surface area contributed by atoms with E-state index in [9.17, 15) is 24.3 Å². The minimum atomic E-state index is -0.934. The largest absolute Gasteiger partial charge is 0.465 e. The predicted octanol–water partition coefficient (Wildman–Crippen LogP) is 2.69. The van der Waals surface area contributed by atoms with Crippen molar-refractivity contribution in [2.75, 3.05) is 19.8 Å². The molecule has 0 saturated carbocycles. The highest BCUT2D eigenvalue weighted by Gasteiger charge is 2.31. The molecule has 0 radical (unpaired) electrons. The first kappa shape index (κ1) is 24.5. The lowest BCUT2D eigenvalue weighted by Crippen LogP contribution is -2.45. The average molecular weight is 462 g/mol. The second-order valence-electron chi connectivity index (χ2n) is 9.18. The SMILES string of the molecule is CC(C)(C)N(CCCOCCCc1ccc2c(c1)oc(=O)n2C1CCC(=O)NC1=O)C(=O)O. The summed E-state index contributed by atoms with van der Waals surface area (Å²) in [7, 11) is 0. The minimum Gasteiger partial charge on any atom is -0.465 e. The first-order valence-electron chi connectivity index (χ1n) is 11.1. The third-order valence-electron chi connectivity index (χ3n) is 5.66. The molecule has 2 aromatic rings. The van der Waals surface area contributed by atoms with Gasteiger partial charge in [-0.25, -0.2) is 9.59 Å². The summed E-state index contributed by atoms with van der Waals surface area (Å²) in [5, 5.41) is 11.6. The van der Waals surface area contributed by atoms with Crippen molar-refractivity contribution in [3.8, 4) is 0 Å². The van der Waals surface area contributed by atoms with E-state index >= 15 is 0 Å². The molecular weight excluding hydrogens is 430 g/mol. The number of hydrogen-bond acceptors (Lipinski definition) is 6. The number of aryl methyl sites for hydroxylation is 1. The van der Waals surface area contributed by atoms with Gasteiger partial charge in [0.15, 0.2) is 5.58 Å². The van der Waals surface area contributed by atoms with E-state index in [1.54, 1.807) is 12.1 Å².